The predicted octanol–water partition coefficient (Wildman–Crippen LogP) is 4.47. The van der Waals surface area contributed by atoms with Crippen LogP contribution in [-0.2, 0) is 0 Å². The fourth-order valence-corrected chi connectivity index (χ4v) is 4.32. The van der Waals surface area contributed by atoms with Gasteiger partial charge in [0.2, 0.25) is 0 Å². The minimum absolute atomic E-state index is 0.275. The predicted molar refractivity (Wildman–Crippen MR) is 112 cm³/mol. The highest BCUT2D eigenvalue weighted by Gasteiger charge is 2.39. The van der Waals surface area contributed by atoms with Gasteiger partial charge in [-0.3, -0.25) is 9.69 Å². The smallest absolute Gasteiger partial charge is 0.367 e. The molecule has 0 atom stereocenters. The molecule has 3 amide bonds. The number of benzene rings is 2. The number of carbonyl (C=O) groups is 2. The van der Waals surface area contributed by atoms with Crippen molar-refractivity contribution in [2.45, 2.75) is 0 Å². The average molecular weight is 402 g/mol. The second-order valence-electron chi connectivity index (χ2n) is 6.31. The molecular formula is C21H14N4O3S. The first-order chi connectivity index (χ1) is 14.1. The Kier molecular flexibility index (Phi) is 3.92. The molecule has 0 saturated heterocycles. The molecule has 29 heavy (non-hydrogen) atoms. The lowest BCUT2D eigenvalue weighted by Gasteiger charge is -2.34. The molecular weight excluding hydrogens is 388 g/mol. The zero-order chi connectivity index (χ0) is 20.0. The minimum Gasteiger partial charge on any atom is -0.370 e. The van der Waals surface area contributed by atoms with Crippen molar-refractivity contribution in [2.75, 3.05) is 9.96 Å². The van der Waals surface area contributed by atoms with Crippen LogP contribution in [0.15, 0.2) is 72.9 Å². The van der Waals surface area contributed by atoms with E-state index < -0.39 is 11.9 Å². The zero-order valence-corrected chi connectivity index (χ0v) is 15.8. The van der Waals surface area contributed by atoms with Gasteiger partial charge in [0, 0.05) is 6.20 Å². The van der Waals surface area contributed by atoms with E-state index in [1.807, 2.05) is 36.4 Å². The summed E-state index contributed by atoms with van der Waals surface area (Å²) in [6.07, 6.45) is 1.58. The highest BCUT2D eigenvalue weighted by Crippen LogP contribution is 2.48. The third kappa shape index (κ3) is 2.69. The second-order valence-corrected chi connectivity index (χ2v) is 7.31. The van der Waals surface area contributed by atoms with Crippen LogP contribution in [0.3, 0.4) is 0 Å². The highest BCUT2D eigenvalue weighted by atomic mass is 32.1. The van der Waals surface area contributed by atoms with E-state index in [9.17, 15) is 9.59 Å². The molecule has 3 heterocycles. The number of thiophene rings is 1. The molecule has 0 aliphatic carbocycles. The van der Waals surface area contributed by atoms with Crippen LogP contribution in [0.1, 0.15) is 9.67 Å². The molecule has 1 aliphatic heterocycles. The van der Waals surface area contributed by atoms with Crippen LogP contribution in [0, 0.1) is 0 Å². The van der Waals surface area contributed by atoms with Gasteiger partial charge in [0.05, 0.1) is 16.8 Å². The number of rotatable bonds is 4. The number of pyridine rings is 1. The summed E-state index contributed by atoms with van der Waals surface area (Å²) in [4.78, 5) is 38.4. The van der Waals surface area contributed by atoms with E-state index in [0.29, 0.717) is 33.0 Å². The Balaban J connectivity index is 1.78. The number of hydroxylamine groups is 1. The summed E-state index contributed by atoms with van der Waals surface area (Å²) < 4.78 is 0. The number of nitrogens with two attached hydrogens (primary N) is 1. The van der Waals surface area contributed by atoms with Crippen molar-refractivity contribution in [3.05, 3.63) is 77.8 Å². The lowest BCUT2D eigenvalue weighted by molar-refractivity contribution is 0.100. The zero-order valence-electron chi connectivity index (χ0n) is 15.0. The van der Waals surface area contributed by atoms with Gasteiger partial charge >= 0.3 is 6.03 Å². The van der Waals surface area contributed by atoms with E-state index >= 15 is 0 Å². The first-order valence-electron chi connectivity index (χ1n) is 8.79. The number of anilines is 3. The molecule has 5 rings (SSSR count). The topological polar surface area (TPSA) is 88.8 Å². The van der Waals surface area contributed by atoms with Crippen LogP contribution < -0.4 is 20.5 Å². The summed E-state index contributed by atoms with van der Waals surface area (Å²) in [7, 11) is 0. The summed E-state index contributed by atoms with van der Waals surface area (Å²) in [5.41, 5.74) is 7.17. The molecule has 7 nitrogen and oxygen atoms in total. The van der Waals surface area contributed by atoms with Gasteiger partial charge in [-0.1, -0.05) is 36.4 Å². The Morgan fingerprint density at radius 2 is 1.69 bits per heavy atom. The molecule has 0 bridgehead atoms. The first-order valence-corrected chi connectivity index (χ1v) is 9.60. The lowest BCUT2D eigenvalue weighted by Crippen LogP contribution is -2.46. The van der Waals surface area contributed by atoms with Crippen molar-refractivity contribution < 1.29 is 14.4 Å². The molecule has 8 heteroatoms. The van der Waals surface area contributed by atoms with Crippen molar-refractivity contribution in [1.29, 1.82) is 0 Å². The second kappa shape index (κ2) is 6.61. The molecule has 4 aromatic rings. The third-order valence-corrected chi connectivity index (χ3v) is 5.63. The van der Waals surface area contributed by atoms with Gasteiger partial charge in [-0.25, -0.2) is 9.78 Å². The van der Waals surface area contributed by atoms with E-state index in [1.54, 1.807) is 36.5 Å². The summed E-state index contributed by atoms with van der Waals surface area (Å²) >= 11 is 1.16. The Hall–Kier alpha value is -3.91. The number of carbonyl (C=O) groups excluding carboxylic acids is 2. The number of hydrogen-bond acceptors (Lipinski definition) is 5. The van der Waals surface area contributed by atoms with Gasteiger partial charge in [0.1, 0.15) is 15.4 Å². The van der Waals surface area contributed by atoms with Crippen LogP contribution in [0.5, 0.6) is 5.75 Å². The average Bonchev–Trinajstić information content (AvgIpc) is 3.13. The van der Waals surface area contributed by atoms with Crippen molar-refractivity contribution in [1.82, 2.24) is 4.98 Å². The van der Waals surface area contributed by atoms with Crippen LogP contribution >= 0.6 is 11.3 Å². The molecule has 0 unspecified atom stereocenters. The number of hydrogen-bond donors (Lipinski definition) is 1. The normalized spacial score (nSPS) is 13.0. The van der Waals surface area contributed by atoms with Gasteiger partial charge in [-0.15, -0.1) is 16.4 Å². The molecule has 2 N–H and O–H groups in total. The number of para-hydroxylation sites is 2. The van der Waals surface area contributed by atoms with Crippen molar-refractivity contribution in [2.24, 2.45) is 5.73 Å². The SMILES string of the molecule is NC(=O)c1sc2nccc3c2c1N(c1ccccc1)C(=O)N3Oc1ccccc1. The highest BCUT2D eigenvalue weighted by molar-refractivity contribution is 7.21. The summed E-state index contributed by atoms with van der Waals surface area (Å²) in [5, 5.41) is 1.86. The number of amides is 3. The molecule has 1 aliphatic rings. The van der Waals surface area contributed by atoms with E-state index in [0.717, 1.165) is 11.3 Å². The number of urea groups is 1. The molecule has 2 aromatic heterocycles. The first kappa shape index (κ1) is 17.2. The minimum atomic E-state index is -0.611. The number of primary amides is 1. The van der Waals surface area contributed by atoms with Gasteiger partial charge < -0.3 is 10.6 Å². The van der Waals surface area contributed by atoms with Crippen LogP contribution in [0.2, 0.25) is 0 Å². The fourth-order valence-electron chi connectivity index (χ4n) is 3.32. The molecule has 0 spiro atoms. The molecule has 2 aromatic carbocycles. The molecule has 0 radical (unpaired) electrons. The van der Waals surface area contributed by atoms with Crippen molar-refractivity contribution >= 4 is 50.6 Å². The maximum atomic E-state index is 13.6. The fraction of sp³-hybridized carbons (Fsp3) is 0. The standard InChI is InChI=1S/C21H14N4O3S/c22-19(26)18-17-16-15(11-12-23-20(16)29-18)25(28-14-9-5-2-6-10-14)21(27)24(17)13-7-3-1-4-8-13/h1-12H,(H2,22,26). The molecule has 142 valence electrons. The van der Waals surface area contributed by atoms with Crippen molar-refractivity contribution in [3.63, 3.8) is 0 Å². The Bertz CT molecular complexity index is 1240. The summed E-state index contributed by atoms with van der Waals surface area (Å²) in [6, 6.07) is 19.3. The number of nitrogens with zero attached hydrogens (tertiary/aromatic N) is 3. The largest absolute Gasteiger partial charge is 0.370 e. The maximum Gasteiger partial charge on any atom is 0.367 e. The van der Waals surface area contributed by atoms with Gasteiger partial charge in [-0.05, 0) is 30.3 Å². The molecule has 0 fully saturated rings. The molecule has 0 saturated carbocycles. The lowest BCUT2D eigenvalue weighted by atomic mass is 10.1. The quantitative estimate of drug-likeness (QED) is 0.546. The van der Waals surface area contributed by atoms with E-state index in [4.69, 9.17) is 10.6 Å². The summed E-state index contributed by atoms with van der Waals surface area (Å²) in [6.45, 7) is 0. The van der Waals surface area contributed by atoms with E-state index in [1.165, 1.54) is 9.96 Å². The Morgan fingerprint density at radius 1 is 1.00 bits per heavy atom. The van der Waals surface area contributed by atoms with Crippen molar-refractivity contribution in [3.8, 4) is 5.75 Å². The third-order valence-electron chi connectivity index (χ3n) is 4.53. The Morgan fingerprint density at radius 3 is 2.38 bits per heavy atom. The van der Waals surface area contributed by atoms with Gasteiger partial charge in [0.15, 0.2) is 5.75 Å². The van der Waals surface area contributed by atoms with E-state index in [2.05, 4.69) is 4.98 Å². The van der Waals surface area contributed by atoms with Gasteiger partial charge in [-0.2, -0.15) is 0 Å². The monoisotopic (exact) mass is 402 g/mol. The maximum absolute atomic E-state index is 13.6. The van der Waals surface area contributed by atoms with E-state index in [-0.39, 0.29) is 4.88 Å². The number of aromatic nitrogens is 1. The van der Waals surface area contributed by atoms with Crippen LogP contribution in [0.4, 0.5) is 21.9 Å². The summed E-state index contributed by atoms with van der Waals surface area (Å²) in [5.74, 6) is -0.104. The van der Waals surface area contributed by atoms with Crippen LogP contribution in [-0.4, -0.2) is 16.9 Å². The van der Waals surface area contributed by atoms with Gasteiger partial charge in [0.25, 0.3) is 5.91 Å². The van der Waals surface area contributed by atoms with Crippen LogP contribution in [0.25, 0.3) is 10.2 Å². The Labute approximate surface area is 169 Å².